The number of aliphatic hydroxyl groups is 1. The Morgan fingerprint density at radius 3 is 2.48 bits per heavy atom. The van der Waals surface area contributed by atoms with Gasteiger partial charge in [0.1, 0.15) is 11.6 Å². The maximum Gasteiger partial charge on any atom is 0.253 e. The maximum absolute atomic E-state index is 14.6. The van der Waals surface area contributed by atoms with Gasteiger partial charge in [0.15, 0.2) is 0 Å². The number of fused-ring (bicyclic) bond motifs is 2. The summed E-state index contributed by atoms with van der Waals surface area (Å²) in [6.07, 6.45) is 7.52. The molecule has 2 aromatic carbocycles. The first kappa shape index (κ1) is 26.7. The minimum Gasteiger partial charge on any atom is -0.394 e. The zero-order valence-electron chi connectivity index (χ0n) is 22.2. The highest BCUT2D eigenvalue weighted by Gasteiger charge is 2.72. The molecule has 6 atom stereocenters. The molecule has 0 aliphatic carbocycles. The molecule has 0 aromatic heterocycles. The van der Waals surface area contributed by atoms with Gasteiger partial charge in [-0.05, 0) is 24.1 Å². The zero-order chi connectivity index (χ0) is 28.0. The molecule has 1 N–H and O–H groups in total. The lowest BCUT2D eigenvalue weighted by Crippen LogP contribution is -2.56. The first-order chi connectivity index (χ1) is 19.4. The third-order valence-electron chi connectivity index (χ3n) is 8.51. The van der Waals surface area contributed by atoms with Gasteiger partial charge >= 0.3 is 0 Å². The fourth-order valence-electron chi connectivity index (χ4n) is 6.85. The molecule has 208 valence electrons. The van der Waals surface area contributed by atoms with Crippen molar-refractivity contribution in [3.05, 3.63) is 89.5 Å². The molecule has 0 radical (unpaired) electrons. The number of anilines is 1. The lowest BCUT2D eigenvalue weighted by Gasteiger charge is -2.38. The van der Waals surface area contributed by atoms with Crippen LogP contribution in [0.3, 0.4) is 0 Å². The molecule has 6 rings (SSSR count). The van der Waals surface area contributed by atoms with Crippen LogP contribution in [-0.4, -0.2) is 76.6 Å². The lowest BCUT2D eigenvalue weighted by molar-refractivity contribution is -0.147. The quantitative estimate of drug-likeness (QED) is 0.546. The third-order valence-corrected chi connectivity index (χ3v) is 8.83. The Kier molecular flexibility index (Phi) is 7.02. The van der Waals surface area contributed by atoms with Gasteiger partial charge in [-0.2, -0.15) is 0 Å². The van der Waals surface area contributed by atoms with Crippen molar-refractivity contribution in [1.82, 2.24) is 9.80 Å². The highest BCUT2D eigenvalue weighted by atomic mass is 35.5. The van der Waals surface area contributed by atoms with Gasteiger partial charge in [0.05, 0.1) is 41.3 Å². The molecule has 1 spiro atoms. The molecule has 4 aliphatic heterocycles. The Labute approximate surface area is 238 Å². The molecule has 1 unspecified atom stereocenters. The molecular formula is C31H32ClN3O5. The first-order valence-electron chi connectivity index (χ1n) is 13.8. The van der Waals surface area contributed by atoms with Gasteiger partial charge in [-0.1, -0.05) is 85.3 Å². The Hall–Kier alpha value is -3.46. The van der Waals surface area contributed by atoms with Gasteiger partial charge in [-0.3, -0.25) is 14.4 Å². The standard InChI is InChI=1S/C31H32ClN3O5/c1-2-16-33-17-8-14-24-25(28(33)37)26-29(38)35(23(19-36)20-10-4-3-5-11-20)27-30(39)34(18-9-15-31(26,27)40-24)22-13-7-6-12-21(22)32/h3-15,23-27,36H,2,16-19H2,1H3/t23-,24-,25+,26+,27?,31+/m1/s1. The molecule has 2 fully saturated rings. The van der Waals surface area contributed by atoms with Crippen LogP contribution in [0, 0.1) is 11.8 Å². The molecule has 8 nitrogen and oxygen atoms in total. The van der Waals surface area contributed by atoms with Crippen LogP contribution in [-0.2, 0) is 19.1 Å². The number of halogens is 1. The van der Waals surface area contributed by atoms with E-state index in [1.807, 2.05) is 55.5 Å². The molecule has 2 aromatic rings. The topological polar surface area (TPSA) is 90.4 Å². The lowest BCUT2D eigenvalue weighted by atomic mass is 9.77. The van der Waals surface area contributed by atoms with Crippen molar-refractivity contribution in [1.29, 1.82) is 0 Å². The highest BCUT2D eigenvalue weighted by molar-refractivity contribution is 6.34. The zero-order valence-corrected chi connectivity index (χ0v) is 23.0. The van der Waals surface area contributed by atoms with Gasteiger partial charge in [0, 0.05) is 19.6 Å². The Morgan fingerprint density at radius 2 is 1.75 bits per heavy atom. The van der Waals surface area contributed by atoms with E-state index in [9.17, 15) is 19.5 Å². The van der Waals surface area contributed by atoms with Crippen molar-refractivity contribution in [2.75, 3.05) is 31.1 Å². The fourth-order valence-corrected chi connectivity index (χ4v) is 7.09. The van der Waals surface area contributed by atoms with Crippen LogP contribution in [0.4, 0.5) is 5.69 Å². The Morgan fingerprint density at radius 1 is 1.00 bits per heavy atom. The van der Waals surface area contributed by atoms with Crippen LogP contribution in [0.1, 0.15) is 24.9 Å². The average Bonchev–Trinajstić information content (AvgIpc) is 3.28. The number of rotatable bonds is 6. The van der Waals surface area contributed by atoms with Crippen molar-refractivity contribution >= 4 is 35.0 Å². The van der Waals surface area contributed by atoms with E-state index in [1.165, 1.54) is 4.90 Å². The fraction of sp³-hybridized carbons (Fsp3) is 0.387. The summed E-state index contributed by atoms with van der Waals surface area (Å²) in [5.74, 6) is -2.62. The van der Waals surface area contributed by atoms with Gasteiger partial charge < -0.3 is 24.5 Å². The van der Waals surface area contributed by atoms with E-state index in [0.29, 0.717) is 29.4 Å². The number of carbonyl (C=O) groups is 3. The van der Waals surface area contributed by atoms with Crippen LogP contribution in [0.2, 0.25) is 5.02 Å². The number of nitrogens with zero attached hydrogens (tertiary/aromatic N) is 3. The molecular weight excluding hydrogens is 530 g/mol. The molecule has 0 saturated carbocycles. The summed E-state index contributed by atoms with van der Waals surface area (Å²) in [5.41, 5.74) is -0.184. The monoisotopic (exact) mass is 561 g/mol. The summed E-state index contributed by atoms with van der Waals surface area (Å²) >= 11 is 6.53. The molecule has 0 bridgehead atoms. The smallest absolute Gasteiger partial charge is 0.253 e. The second kappa shape index (κ2) is 10.5. The minimum absolute atomic E-state index is 0.152. The summed E-state index contributed by atoms with van der Waals surface area (Å²) < 4.78 is 6.71. The van der Waals surface area contributed by atoms with Crippen molar-refractivity contribution in [3.8, 4) is 0 Å². The molecule has 40 heavy (non-hydrogen) atoms. The molecule has 4 aliphatic rings. The minimum atomic E-state index is -1.39. The third kappa shape index (κ3) is 4.00. The van der Waals surface area contributed by atoms with Crippen LogP contribution < -0.4 is 4.90 Å². The van der Waals surface area contributed by atoms with E-state index in [-0.39, 0.29) is 24.3 Å². The summed E-state index contributed by atoms with van der Waals surface area (Å²) in [5, 5.41) is 11.1. The molecule has 4 heterocycles. The number of hydrogen-bond acceptors (Lipinski definition) is 5. The number of aliphatic hydroxyl groups excluding tert-OH is 1. The number of amides is 3. The van der Waals surface area contributed by atoms with Crippen LogP contribution >= 0.6 is 11.6 Å². The first-order valence-corrected chi connectivity index (χ1v) is 14.2. The highest BCUT2D eigenvalue weighted by Crippen LogP contribution is 2.55. The SMILES string of the molecule is CCCN1CC=C[C@H]2O[C@]34C=CCN(c5ccccc5Cl)C(=O)C3N([C@H](CO)c3ccccc3)C(=O)[C@@H]4[C@H]2C1=O. The number of ether oxygens (including phenoxy) is 1. The van der Waals surface area contributed by atoms with Crippen molar-refractivity contribution in [3.63, 3.8) is 0 Å². The Balaban J connectivity index is 1.52. The second-order valence-corrected chi connectivity index (χ2v) is 11.1. The van der Waals surface area contributed by atoms with Gasteiger partial charge in [-0.25, -0.2) is 0 Å². The van der Waals surface area contributed by atoms with E-state index < -0.39 is 42.2 Å². The van der Waals surface area contributed by atoms with Crippen molar-refractivity contribution in [2.45, 2.75) is 37.1 Å². The molecule has 9 heteroatoms. The maximum atomic E-state index is 14.6. The van der Waals surface area contributed by atoms with Crippen LogP contribution in [0.15, 0.2) is 78.9 Å². The van der Waals surface area contributed by atoms with E-state index in [1.54, 1.807) is 40.1 Å². The van der Waals surface area contributed by atoms with Crippen molar-refractivity contribution in [2.24, 2.45) is 11.8 Å². The predicted octanol–water partition coefficient (Wildman–Crippen LogP) is 3.37. The van der Waals surface area contributed by atoms with E-state index in [2.05, 4.69) is 0 Å². The number of para-hydroxylation sites is 1. The molecule has 3 amide bonds. The number of carbonyl (C=O) groups excluding carboxylic acids is 3. The number of likely N-dealkylation sites (tertiary alicyclic amines) is 1. The predicted molar refractivity (Wildman–Crippen MR) is 150 cm³/mol. The second-order valence-electron chi connectivity index (χ2n) is 10.7. The van der Waals surface area contributed by atoms with E-state index in [4.69, 9.17) is 16.3 Å². The number of benzene rings is 2. The van der Waals surface area contributed by atoms with Gasteiger partial charge in [-0.15, -0.1) is 0 Å². The van der Waals surface area contributed by atoms with Crippen molar-refractivity contribution < 1.29 is 24.2 Å². The largest absolute Gasteiger partial charge is 0.394 e. The average molecular weight is 562 g/mol. The van der Waals surface area contributed by atoms with Crippen LogP contribution in [0.5, 0.6) is 0 Å². The van der Waals surface area contributed by atoms with Gasteiger partial charge in [0.2, 0.25) is 11.8 Å². The number of hydrogen-bond donors (Lipinski definition) is 1. The normalized spacial score (nSPS) is 30.2. The van der Waals surface area contributed by atoms with Gasteiger partial charge in [0.25, 0.3) is 5.91 Å². The van der Waals surface area contributed by atoms with E-state index >= 15 is 0 Å². The summed E-state index contributed by atoms with van der Waals surface area (Å²) in [6.45, 7) is 2.83. The summed E-state index contributed by atoms with van der Waals surface area (Å²) in [4.78, 5) is 47.9. The summed E-state index contributed by atoms with van der Waals surface area (Å²) in [6, 6.07) is 14.3. The van der Waals surface area contributed by atoms with E-state index in [0.717, 1.165) is 6.42 Å². The Bertz CT molecular complexity index is 1380. The summed E-state index contributed by atoms with van der Waals surface area (Å²) in [7, 11) is 0. The molecule has 2 saturated heterocycles. The van der Waals surface area contributed by atoms with Crippen LogP contribution in [0.25, 0.3) is 0 Å².